The standard InChI is InChI=1S/C12H15ClF2N2O2/c1-7(3-2-4-18)16-12(19)17-11-9(13)5-8(14)6-10(11)15/h5-7,18H,2-4H2,1H3,(H2,16,17,19). The van der Waals surface area contributed by atoms with Crippen LogP contribution in [0, 0.1) is 11.6 Å². The van der Waals surface area contributed by atoms with E-state index in [1.165, 1.54) is 0 Å². The number of hydrogen-bond acceptors (Lipinski definition) is 2. The molecule has 0 aliphatic carbocycles. The highest BCUT2D eigenvalue weighted by atomic mass is 35.5. The number of anilines is 1. The topological polar surface area (TPSA) is 61.4 Å². The van der Waals surface area contributed by atoms with Gasteiger partial charge in [0.25, 0.3) is 0 Å². The van der Waals surface area contributed by atoms with Crippen LogP contribution in [-0.2, 0) is 0 Å². The number of carbonyl (C=O) groups is 1. The van der Waals surface area contributed by atoms with Gasteiger partial charge in [0.2, 0.25) is 0 Å². The van der Waals surface area contributed by atoms with E-state index in [0.717, 1.165) is 6.07 Å². The van der Waals surface area contributed by atoms with Gasteiger partial charge in [-0.2, -0.15) is 0 Å². The first-order chi connectivity index (χ1) is 8.93. The molecule has 0 aliphatic heterocycles. The predicted molar refractivity (Wildman–Crippen MR) is 69.3 cm³/mol. The molecule has 1 rings (SSSR count). The summed E-state index contributed by atoms with van der Waals surface area (Å²) in [6.07, 6.45) is 1.14. The molecule has 0 spiro atoms. The highest BCUT2D eigenvalue weighted by Gasteiger charge is 2.14. The highest BCUT2D eigenvalue weighted by Crippen LogP contribution is 2.26. The van der Waals surface area contributed by atoms with Crippen LogP contribution in [0.1, 0.15) is 19.8 Å². The van der Waals surface area contributed by atoms with E-state index in [4.69, 9.17) is 16.7 Å². The third kappa shape index (κ3) is 5.00. The molecule has 0 saturated heterocycles. The Labute approximate surface area is 114 Å². The van der Waals surface area contributed by atoms with Crippen molar-refractivity contribution in [3.63, 3.8) is 0 Å². The maximum absolute atomic E-state index is 13.4. The maximum atomic E-state index is 13.4. The summed E-state index contributed by atoms with van der Waals surface area (Å²) >= 11 is 5.64. The molecule has 7 heteroatoms. The van der Waals surface area contributed by atoms with Crippen LogP contribution < -0.4 is 10.6 Å². The molecular formula is C12H15ClF2N2O2. The minimum absolute atomic E-state index is 0.0338. The molecule has 0 aromatic heterocycles. The Bertz CT molecular complexity index is 434. The van der Waals surface area contributed by atoms with Crippen LogP contribution in [0.2, 0.25) is 5.02 Å². The molecule has 0 saturated carbocycles. The molecule has 2 amide bonds. The van der Waals surface area contributed by atoms with E-state index in [2.05, 4.69) is 10.6 Å². The Balaban J connectivity index is 2.62. The number of urea groups is 1. The zero-order valence-electron chi connectivity index (χ0n) is 10.3. The number of benzene rings is 1. The Morgan fingerprint density at radius 1 is 1.47 bits per heavy atom. The van der Waals surface area contributed by atoms with Crippen LogP contribution in [0.25, 0.3) is 0 Å². The van der Waals surface area contributed by atoms with Crippen LogP contribution in [-0.4, -0.2) is 23.8 Å². The maximum Gasteiger partial charge on any atom is 0.319 e. The van der Waals surface area contributed by atoms with Gasteiger partial charge in [-0.25, -0.2) is 13.6 Å². The Morgan fingerprint density at radius 2 is 2.16 bits per heavy atom. The average Bonchev–Trinajstić information content (AvgIpc) is 2.31. The van der Waals surface area contributed by atoms with Gasteiger partial charge in [-0.15, -0.1) is 0 Å². The molecule has 4 nitrogen and oxygen atoms in total. The number of hydrogen-bond donors (Lipinski definition) is 3. The number of aliphatic hydroxyl groups is 1. The first-order valence-electron chi connectivity index (χ1n) is 5.77. The lowest BCUT2D eigenvalue weighted by molar-refractivity contribution is 0.245. The second kappa shape index (κ2) is 7.25. The summed E-state index contributed by atoms with van der Waals surface area (Å²) < 4.78 is 26.2. The summed E-state index contributed by atoms with van der Waals surface area (Å²) in [5, 5.41) is 13.2. The molecule has 1 aromatic rings. The number of carbonyl (C=O) groups excluding carboxylic acids is 1. The summed E-state index contributed by atoms with van der Waals surface area (Å²) in [4.78, 5) is 11.6. The number of amides is 2. The normalized spacial score (nSPS) is 12.1. The minimum Gasteiger partial charge on any atom is -0.396 e. The van der Waals surface area contributed by atoms with Crippen LogP contribution in [0.5, 0.6) is 0 Å². The molecule has 0 aliphatic rings. The zero-order valence-corrected chi connectivity index (χ0v) is 11.1. The molecular weight excluding hydrogens is 278 g/mol. The summed E-state index contributed by atoms with van der Waals surface area (Å²) in [5.41, 5.74) is -0.269. The number of aliphatic hydroxyl groups excluding tert-OH is 1. The van der Waals surface area contributed by atoms with E-state index in [9.17, 15) is 13.6 Å². The van der Waals surface area contributed by atoms with Crippen molar-refractivity contribution in [3.8, 4) is 0 Å². The van der Waals surface area contributed by atoms with Gasteiger partial charge < -0.3 is 15.7 Å². The van der Waals surface area contributed by atoms with Gasteiger partial charge >= 0.3 is 6.03 Å². The van der Waals surface area contributed by atoms with E-state index in [1.54, 1.807) is 6.92 Å². The fourth-order valence-corrected chi connectivity index (χ4v) is 1.75. The number of rotatable bonds is 5. The van der Waals surface area contributed by atoms with E-state index in [0.29, 0.717) is 18.9 Å². The summed E-state index contributed by atoms with van der Waals surface area (Å²) in [5.74, 6) is -1.76. The van der Waals surface area contributed by atoms with E-state index in [1.807, 2.05) is 0 Å². The zero-order chi connectivity index (χ0) is 14.4. The monoisotopic (exact) mass is 292 g/mol. The van der Waals surface area contributed by atoms with Gasteiger partial charge in [-0.05, 0) is 25.8 Å². The molecule has 19 heavy (non-hydrogen) atoms. The van der Waals surface area contributed by atoms with Crippen LogP contribution in [0.3, 0.4) is 0 Å². The molecule has 106 valence electrons. The third-order valence-corrected chi connectivity index (χ3v) is 2.72. The van der Waals surface area contributed by atoms with Crippen LogP contribution in [0.15, 0.2) is 12.1 Å². The first kappa shape index (κ1) is 15.7. The first-order valence-corrected chi connectivity index (χ1v) is 6.14. The second-order valence-electron chi connectivity index (χ2n) is 4.11. The lowest BCUT2D eigenvalue weighted by Gasteiger charge is -2.15. The quantitative estimate of drug-likeness (QED) is 0.781. The Kier molecular flexibility index (Phi) is 5.98. The van der Waals surface area contributed by atoms with Crippen molar-refractivity contribution in [2.75, 3.05) is 11.9 Å². The van der Waals surface area contributed by atoms with Gasteiger partial charge in [0, 0.05) is 18.7 Å². The molecule has 0 radical (unpaired) electrons. The van der Waals surface area contributed by atoms with Gasteiger partial charge in [-0.1, -0.05) is 11.6 Å². The molecule has 0 bridgehead atoms. The van der Waals surface area contributed by atoms with Crippen molar-refractivity contribution < 1.29 is 18.7 Å². The lowest BCUT2D eigenvalue weighted by Crippen LogP contribution is -2.36. The number of halogens is 3. The minimum atomic E-state index is -0.942. The van der Waals surface area contributed by atoms with Crippen molar-refractivity contribution in [3.05, 3.63) is 28.8 Å². The van der Waals surface area contributed by atoms with Gasteiger partial charge in [0.15, 0.2) is 5.82 Å². The van der Waals surface area contributed by atoms with Crippen molar-refractivity contribution in [2.45, 2.75) is 25.8 Å². The predicted octanol–water partition coefficient (Wildman–Crippen LogP) is 2.90. The third-order valence-electron chi connectivity index (χ3n) is 2.42. The van der Waals surface area contributed by atoms with Gasteiger partial charge in [-0.3, -0.25) is 0 Å². The largest absolute Gasteiger partial charge is 0.396 e. The summed E-state index contributed by atoms with van der Waals surface area (Å²) in [6.45, 7) is 1.78. The lowest BCUT2D eigenvalue weighted by atomic mass is 10.2. The van der Waals surface area contributed by atoms with Crippen molar-refractivity contribution in [1.82, 2.24) is 5.32 Å². The van der Waals surface area contributed by atoms with Gasteiger partial charge in [0.05, 0.1) is 10.7 Å². The summed E-state index contributed by atoms with van der Waals surface area (Å²) in [7, 11) is 0. The van der Waals surface area contributed by atoms with E-state index < -0.39 is 17.7 Å². The molecule has 0 fully saturated rings. The average molecular weight is 293 g/mol. The van der Waals surface area contributed by atoms with Gasteiger partial charge in [0.1, 0.15) is 5.82 Å². The van der Waals surface area contributed by atoms with Crippen LogP contribution >= 0.6 is 11.6 Å². The highest BCUT2D eigenvalue weighted by molar-refractivity contribution is 6.33. The molecule has 1 unspecified atom stereocenters. The molecule has 0 heterocycles. The smallest absolute Gasteiger partial charge is 0.319 e. The second-order valence-corrected chi connectivity index (χ2v) is 4.52. The van der Waals surface area contributed by atoms with Crippen molar-refractivity contribution in [1.29, 1.82) is 0 Å². The number of nitrogens with one attached hydrogen (secondary N) is 2. The Hall–Kier alpha value is -1.40. The SMILES string of the molecule is CC(CCCO)NC(=O)Nc1c(F)cc(F)cc1Cl. The molecule has 1 aromatic carbocycles. The van der Waals surface area contributed by atoms with E-state index >= 15 is 0 Å². The molecule has 3 N–H and O–H groups in total. The fourth-order valence-electron chi connectivity index (χ4n) is 1.50. The van der Waals surface area contributed by atoms with E-state index in [-0.39, 0.29) is 23.4 Å². The Morgan fingerprint density at radius 3 is 2.74 bits per heavy atom. The van der Waals surface area contributed by atoms with Crippen molar-refractivity contribution in [2.24, 2.45) is 0 Å². The van der Waals surface area contributed by atoms with Crippen LogP contribution in [0.4, 0.5) is 19.3 Å². The van der Waals surface area contributed by atoms with Crippen molar-refractivity contribution >= 4 is 23.3 Å². The summed E-state index contributed by atoms with van der Waals surface area (Å²) in [6, 6.07) is 0.721. The molecule has 1 atom stereocenters. The fraction of sp³-hybridized carbons (Fsp3) is 0.417.